The molecule has 3 saturated carbocycles. The fourth-order valence-corrected chi connectivity index (χ4v) is 5.36. The smallest absolute Gasteiger partial charge is 0.401 e. The van der Waals surface area contributed by atoms with Gasteiger partial charge in [-0.2, -0.15) is 13.2 Å². The summed E-state index contributed by atoms with van der Waals surface area (Å²) in [7, 11) is 0. The predicted octanol–water partition coefficient (Wildman–Crippen LogP) is 3.58. The van der Waals surface area contributed by atoms with Gasteiger partial charge >= 0.3 is 6.18 Å². The minimum atomic E-state index is -4.23. The Morgan fingerprint density at radius 1 is 1.30 bits per heavy atom. The number of rotatable bonds is 7. The number of halogens is 5. The molecule has 1 atom stereocenters. The van der Waals surface area contributed by atoms with Crippen LogP contribution < -0.4 is 10.1 Å². The van der Waals surface area contributed by atoms with E-state index in [-0.39, 0.29) is 46.7 Å². The first kappa shape index (κ1) is 22.4. The molecule has 1 saturated heterocycles. The molecule has 3 aliphatic carbocycles. The van der Waals surface area contributed by atoms with Crippen molar-refractivity contribution >= 4 is 17.5 Å². The van der Waals surface area contributed by atoms with Gasteiger partial charge in [-0.05, 0) is 44.4 Å². The van der Waals surface area contributed by atoms with Gasteiger partial charge in [-0.1, -0.05) is 11.6 Å². The van der Waals surface area contributed by atoms with Gasteiger partial charge in [0.05, 0.1) is 22.9 Å². The maximum Gasteiger partial charge on any atom is 0.401 e. The molecule has 0 spiro atoms. The molecular formula is C21H21ClF4N4O3. The average Bonchev–Trinajstić information content (AvgIpc) is 3.32. The molecule has 2 aromatic rings. The second kappa shape index (κ2) is 7.83. The first-order valence-electron chi connectivity index (χ1n) is 10.6. The van der Waals surface area contributed by atoms with Crippen LogP contribution in [-0.2, 0) is 10.2 Å². The number of nitrogens with one attached hydrogen (secondary N) is 1. The lowest BCUT2D eigenvalue weighted by Gasteiger charge is -2.68. The summed E-state index contributed by atoms with van der Waals surface area (Å²) in [6, 6.07) is 3.95. The number of carbonyl (C=O) groups excluding carboxylic acids is 1. The Hall–Kier alpha value is -2.40. The van der Waals surface area contributed by atoms with E-state index in [0.29, 0.717) is 44.0 Å². The first-order valence-corrected chi connectivity index (χ1v) is 10.9. The van der Waals surface area contributed by atoms with E-state index in [0.717, 1.165) is 6.07 Å². The summed E-state index contributed by atoms with van der Waals surface area (Å²) in [5.41, 5.74) is -0.639. The SMILES string of the molecule is O=C(COc1ccc(Cl)c(F)c1)NC12CC(c3nnc([C@H]4CCN(CC(F)(F)F)C4)o3)(C1)C2. The summed E-state index contributed by atoms with van der Waals surface area (Å²) < 4.78 is 62.4. The second-order valence-corrected chi connectivity index (χ2v) is 9.69. The van der Waals surface area contributed by atoms with E-state index in [4.69, 9.17) is 20.8 Å². The Morgan fingerprint density at radius 3 is 2.76 bits per heavy atom. The first-order chi connectivity index (χ1) is 15.5. The van der Waals surface area contributed by atoms with Crippen LogP contribution in [0.15, 0.2) is 22.6 Å². The molecule has 178 valence electrons. The quantitative estimate of drug-likeness (QED) is 0.600. The molecular weight excluding hydrogens is 468 g/mol. The van der Waals surface area contributed by atoms with Gasteiger partial charge in [-0.15, -0.1) is 10.2 Å². The lowest BCUT2D eigenvalue weighted by atomic mass is 9.39. The van der Waals surface area contributed by atoms with Crippen LogP contribution in [0.3, 0.4) is 0 Å². The van der Waals surface area contributed by atoms with Crippen molar-refractivity contribution in [2.24, 2.45) is 0 Å². The van der Waals surface area contributed by atoms with Gasteiger partial charge < -0.3 is 14.5 Å². The van der Waals surface area contributed by atoms with Crippen LogP contribution in [0.1, 0.15) is 43.4 Å². The maximum absolute atomic E-state index is 13.5. The molecule has 0 unspecified atom stereocenters. The minimum absolute atomic E-state index is 0.0262. The van der Waals surface area contributed by atoms with E-state index >= 15 is 0 Å². The Balaban J connectivity index is 1.10. The number of amides is 1. The van der Waals surface area contributed by atoms with E-state index in [1.54, 1.807) is 0 Å². The molecule has 0 radical (unpaired) electrons. The van der Waals surface area contributed by atoms with Gasteiger partial charge in [0.15, 0.2) is 6.61 Å². The number of alkyl halides is 3. The number of hydrogen-bond acceptors (Lipinski definition) is 6. The Kier molecular flexibility index (Phi) is 5.32. The van der Waals surface area contributed by atoms with Crippen molar-refractivity contribution in [3.63, 3.8) is 0 Å². The molecule has 2 bridgehead atoms. The number of aromatic nitrogens is 2. The molecule has 1 amide bonds. The summed E-state index contributed by atoms with van der Waals surface area (Å²) >= 11 is 5.62. The number of carbonyl (C=O) groups is 1. The molecule has 1 N–H and O–H groups in total. The van der Waals surface area contributed by atoms with E-state index in [9.17, 15) is 22.4 Å². The molecule has 1 aromatic heterocycles. The molecule has 33 heavy (non-hydrogen) atoms. The van der Waals surface area contributed by atoms with Gasteiger partial charge in [-0.25, -0.2) is 4.39 Å². The van der Waals surface area contributed by atoms with E-state index in [2.05, 4.69) is 15.5 Å². The highest BCUT2D eigenvalue weighted by Crippen LogP contribution is 2.67. The van der Waals surface area contributed by atoms with Crippen molar-refractivity contribution in [2.45, 2.75) is 48.7 Å². The molecule has 4 aliphatic rings. The summed E-state index contributed by atoms with van der Waals surface area (Å²) in [6.07, 6.45) is -1.74. The summed E-state index contributed by atoms with van der Waals surface area (Å²) in [5.74, 6) is -0.0809. The highest BCUT2D eigenvalue weighted by Gasteiger charge is 2.71. The number of ether oxygens (including phenoxy) is 1. The van der Waals surface area contributed by atoms with Crippen LogP contribution >= 0.6 is 11.6 Å². The highest BCUT2D eigenvalue weighted by molar-refractivity contribution is 6.30. The van der Waals surface area contributed by atoms with Crippen molar-refractivity contribution in [1.29, 1.82) is 0 Å². The zero-order valence-electron chi connectivity index (χ0n) is 17.4. The van der Waals surface area contributed by atoms with Crippen LogP contribution in [0.25, 0.3) is 0 Å². The number of nitrogens with zero attached hydrogens (tertiary/aromatic N) is 3. The standard InChI is InChI=1S/C21H21ClF4N4O3/c22-14-2-1-13(5-15(14)23)32-7-16(31)27-20-8-19(9-20,10-20)18-29-28-17(33-18)12-3-4-30(6-12)11-21(24,25)26/h1-2,5,12H,3-4,6-11H2,(H,27,31)/t12-,19?,20?/m0/s1. The van der Waals surface area contributed by atoms with E-state index in [1.165, 1.54) is 17.0 Å². The normalized spacial score (nSPS) is 28.8. The Morgan fingerprint density at radius 2 is 2.06 bits per heavy atom. The van der Waals surface area contributed by atoms with Gasteiger partial charge in [0.25, 0.3) is 5.91 Å². The third-order valence-electron chi connectivity index (χ3n) is 6.61. The molecule has 12 heteroatoms. The van der Waals surface area contributed by atoms with Crippen LogP contribution in [0, 0.1) is 5.82 Å². The van der Waals surface area contributed by atoms with Crippen LogP contribution in [0.4, 0.5) is 17.6 Å². The summed E-state index contributed by atoms with van der Waals surface area (Å²) in [5, 5.41) is 11.2. The van der Waals surface area contributed by atoms with Crippen molar-refractivity contribution in [1.82, 2.24) is 20.4 Å². The van der Waals surface area contributed by atoms with Gasteiger partial charge in [0, 0.05) is 18.2 Å². The Labute approximate surface area is 191 Å². The van der Waals surface area contributed by atoms with Gasteiger partial charge in [-0.3, -0.25) is 9.69 Å². The third kappa shape index (κ3) is 4.40. The zero-order valence-corrected chi connectivity index (χ0v) is 18.2. The Bertz CT molecular complexity index is 1060. The summed E-state index contributed by atoms with van der Waals surface area (Å²) in [4.78, 5) is 13.6. The van der Waals surface area contributed by atoms with E-state index in [1.807, 2.05) is 0 Å². The van der Waals surface area contributed by atoms with Crippen molar-refractivity contribution in [2.75, 3.05) is 26.2 Å². The fraction of sp³-hybridized carbons (Fsp3) is 0.571. The van der Waals surface area contributed by atoms with Crippen LogP contribution in [0.5, 0.6) is 5.75 Å². The van der Waals surface area contributed by atoms with E-state index < -0.39 is 18.5 Å². The number of hydrogen-bond donors (Lipinski definition) is 1. The van der Waals surface area contributed by atoms with Crippen molar-refractivity contribution < 1.29 is 31.5 Å². The predicted molar refractivity (Wildman–Crippen MR) is 107 cm³/mol. The fourth-order valence-electron chi connectivity index (χ4n) is 5.24. The van der Waals surface area contributed by atoms with Crippen molar-refractivity contribution in [3.8, 4) is 5.75 Å². The molecule has 1 aromatic carbocycles. The van der Waals surface area contributed by atoms with Gasteiger partial charge in [0.1, 0.15) is 11.6 Å². The monoisotopic (exact) mass is 488 g/mol. The minimum Gasteiger partial charge on any atom is -0.484 e. The van der Waals surface area contributed by atoms with Gasteiger partial charge in [0.2, 0.25) is 11.8 Å². The average molecular weight is 489 g/mol. The molecule has 2 heterocycles. The number of likely N-dealkylation sites (tertiary alicyclic amines) is 1. The lowest BCUT2D eigenvalue weighted by Crippen LogP contribution is -2.77. The topological polar surface area (TPSA) is 80.5 Å². The molecule has 7 nitrogen and oxygen atoms in total. The third-order valence-corrected chi connectivity index (χ3v) is 6.92. The van der Waals surface area contributed by atoms with Crippen LogP contribution in [0.2, 0.25) is 5.02 Å². The second-order valence-electron chi connectivity index (χ2n) is 9.29. The largest absolute Gasteiger partial charge is 0.484 e. The number of benzene rings is 1. The maximum atomic E-state index is 13.5. The van der Waals surface area contributed by atoms with Crippen molar-refractivity contribution in [3.05, 3.63) is 40.8 Å². The zero-order chi connectivity index (χ0) is 23.4. The molecule has 4 fully saturated rings. The summed E-state index contributed by atoms with van der Waals surface area (Å²) in [6.45, 7) is -0.609. The highest BCUT2D eigenvalue weighted by atomic mass is 35.5. The molecule has 1 aliphatic heterocycles. The van der Waals surface area contributed by atoms with Crippen LogP contribution in [-0.4, -0.2) is 59.0 Å². The lowest BCUT2D eigenvalue weighted by molar-refractivity contribution is -0.144. The molecule has 6 rings (SSSR count).